The van der Waals surface area contributed by atoms with Gasteiger partial charge < -0.3 is 19.5 Å². The first-order chi connectivity index (χ1) is 22.0. The molecule has 3 aromatic carbocycles. The van der Waals surface area contributed by atoms with Crippen molar-refractivity contribution in [2.24, 2.45) is 5.10 Å². The van der Waals surface area contributed by atoms with Gasteiger partial charge in [-0.05, 0) is 41.5 Å². The van der Waals surface area contributed by atoms with E-state index in [2.05, 4.69) is 22.8 Å². The van der Waals surface area contributed by atoms with Crippen molar-refractivity contribution in [1.29, 1.82) is 0 Å². The molecule has 45 heavy (non-hydrogen) atoms. The highest BCUT2D eigenvalue weighted by Gasteiger charge is 2.16. The van der Waals surface area contributed by atoms with Crippen molar-refractivity contribution in [3.05, 3.63) is 65.7 Å². The van der Waals surface area contributed by atoms with Crippen LogP contribution < -0.4 is 25.0 Å². The van der Waals surface area contributed by atoms with Gasteiger partial charge >= 0.3 is 5.97 Å². The zero-order valence-corrected chi connectivity index (χ0v) is 26.9. The van der Waals surface area contributed by atoms with Crippen LogP contribution in [-0.4, -0.2) is 44.8 Å². The molecule has 0 bridgehead atoms. The monoisotopic (exact) mass is 617 g/mol. The molecule has 0 spiro atoms. The first-order valence-corrected chi connectivity index (χ1v) is 16.0. The topological polar surface area (TPSA) is 115 Å². The Morgan fingerprint density at radius 2 is 1.38 bits per heavy atom. The second kappa shape index (κ2) is 19.8. The van der Waals surface area contributed by atoms with Gasteiger partial charge in [-0.2, -0.15) is 5.10 Å². The van der Waals surface area contributed by atoms with Crippen molar-refractivity contribution in [1.82, 2.24) is 10.7 Å². The molecule has 0 aromatic heterocycles. The maximum absolute atomic E-state index is 13.0. The summed E-state index contributed by atoms with van der Waals surface area (Å²) in [6.45, 7) is 2.06. The zero-order chi connectivity index (χ0) is 32.3. The van der Waals surface area contributed by atoms with Gasteiger partial charge in [-0.25, -0.2) is 10.2 Å². The first-order valence-electron chi connectivity index (χ1n) is 16.0. The smallest absolute Gasteiger partial charge is 0.343 e. The lowest BCUT2D eigenvalue weighted by molar-refractivity contribution is -0.126. The molecular weight excluding hydrogens is 570 g/mol. The first kappa shape index (κ1) is 35.1. The number of benzene rings is 3. The fraction of sp³-hybridized carbons (Fsp3) is 0.444. The molecule has 0 atom stereocenters. The van der Waals surface area contributed by atoms with Crippen LogP contribution in [-0.2, 0) is 9.59 Å². The highest BCUT2D eigenvalue weighted by molar-refractivity contribution is 6.04. The van der Waals surface area contributed by atoms with Crippen LogP contribution in [0.2, 0.25) is 0 Å². The van der Waals surface area contributed by atoms with Crippen molar-refractivity contribution in [2.45, 2.75) is 84.0 Å². The van der Waals surface area contributed by atoms with Crippen molar-refractivity contribution in [3.63, 3.8) is 0 Å². The van der Waals surface area contributed by atoms with Crippen LogP contribution in [0, 0.1) is 0 Å². The summed E-state index contributed by atoms with van der Waals surface area (Å²) in [6, 6.07) is 15.9. The molecule has 3 rings (SSSR count). The fourth-order valence-corrected chi connectivity index (χ4v) is 5.05. The summed E-state index contributed by atoms with van der Waals surface area (Å²) in [4.78, 5) is 37.6. The lowest BCUT2D eigenvalue weighted by Gasteiger charge is -2.12. The molecule has 2 N–H and O–H groups in total. The molecule has 0 fully saturated rings. The van der Waals surface area contributed by atoms with E-state index in [-0.39, 0.29) is 23.8 Å². The minimum atomic E-state index is -0.592. The van der Waals surface area contributed by atoms with E-state index in [1.807, 2.05) is 30.3 Å². The third kappa shape index (κ3) is 11.9. The Labute approximate surface area is 266 Å². The summed E-state index contributed by atoms with van der Waals surface area (Å²) in [5.74, 6) is -0.0299. The Kier molecular flexibility index (Phi) is 15.4. The Morgan fingerprint density at radius 1 is 0.733 bits per heavy atom. The summed E-state index contributed by atoms with van der Waals surface area (Å²) in [7, 11) is 3.01. The van der Waals surface area contributed by atoms with E-state index in [0.29, 0.717) is 23.5 Å². The maximum Gasteiger partial charge on any atom is 0.343 e. The van der Waals surface area contributed by atoms with E-state index < -0.39 is 11.9 Å². The molecule has 3 aromatic rings. The lowest BCUT2D eigenvalue weighted by Crippen LogP contribution is -2.34. The van der Waals surface area contributed by atoms with Gasteiger partial charge in [0.25, 0.3) is 5.91 Å². The third-order valence-corrected chi connectivity index (χ3v) is 7.59. The van der Waals surface area contributed by atoms with Crippen LogP contribution >= 0.6 is 0 Å². The summed E-state index contributed by atoms with van der Waals surface area (Å²) in [5, 5.41) is 8.44. The minimum absolute atomic E-state index is 0.150. The van der Waals surface area contributed by atoms with Gasteiger partial charge in [-0.3, -0.25) is 9.59 Å². The highest BCUT2D eigenvalue weighted by atomic mass is 16.5. The Hall–Kier alpha value is -4.40. The van der Waals surface area contributed by atoms with E-state index in [0.717, 1.165) is 30.0 Å². The normalized spacial score (nSPS) is 11.0. The molecule has 242 valence electrons. The number of ether oxygens (including phenoxy) is 3. The number of fused-ring (bicyclic) bond motifs is 1. The predicted molar refractivity (Wildman–Crippen MR) is 178 cm³/mol. The van der Waals surface area contributed by atoms with Gasteiger partial charge in [0, 0.05) is 12.0 Å². The molecule has 9 heteroatoms. The third-order valence-electron chi connectivity index (χ3n) is 7.59. The lowest BCUT2D eigenvalue weighted by atomic mass is 10.0. The zero-order valence-electron chi connectivity index (χ0n) is 26.9. The summed E-state index contributed by atoms with van der Waals surface area (Å²) in [6.07, 6.45) is 15.2. The van der Waals surface area contributed by atoms with Crippen LogP contribution in [0.15, 0.2) is 59.7 Å². The molecule has 9 nitrogen and oxygen atoms in total. The number of unbranched alkanes of at least 4 members (excludes halogenated alkanes) is 10. The van der Waals surface area contributed by atoms with Gasteiger partial charge in [0.05, 0.1) is 32.5 Å². The number of amides is 2. The Balaban J connectivity index is 1.47. The summed E-state index contributed by atoms with van der Waals surface area (Å²) >= 11 is 0. The predicted octanol–water partition coefficient (Wildman–Crippen LogP) is 7.34. The van der Waals surface area contributed by atoms with E-state index >= 15 is 0 Å². The van der Waals surface area contributed by atoms with Gasteiger partial charge in [-0.1, -0.05) is 101 Å². The van der Waals surface area contributed by atoms with E-state index in [4.69, 9.17) is 14.2 Å². The molecule has 0 heterocycles. The number of hydrogen-bond acceptors (Lipinski definition) is 7. The van der Waals surface area contributed by atoms with Gasteiger partial charge in [0.15, 0.2) is 11.5 Å². The van der Waals surface area contributed by atoms with Gasteiger partial charge in [-0.15, -0.1) is 0 Å². The van der Waals surface area contributed by atoms with E-state index in [1.54, 1.807) is 24.3 Å². The molecule has 0 saturated heterocycles. The van der Waals surface area contributed by atoms with Crippen molar-refractivity contribution in [2.75, 3.05) is 20.8 Å². The van der Waals surface area contributed by atoms with Crippen LogP contribution in [0.5, 0.6) is 17.2 Å². The maximum atomic E-state index is 13.0. The van der Waals surface area contributed by atoms with Gasteiger partial charge in [0.1, 0.15) is 5.75 Å². The summed E-state index contributed by atoms with van der Waals surface area (Å²) < 4.78 is 16.3. The van der Waals surface area contributed by atoms with Crippen LogP contribution in [0.3, 0.4) is 0 Å². The van der Waals surface area contributed by atoms with Crippen LogP contribution in [0.25, 0.3) is 10.8 Å². The number of hydrazone groups is 1. The molecule has 0 aliphatic carbocycles. The van der Waals surface area contributed by atoms with Crippen molar-refractivity contribution >= 4 is 34.8 Å². The number of carbonyl (C=O) groups excluding carboxylic acids is 3. The number of rotatable bonds is 20. The molecular formula is C36H47N3O6. The number of nitrogens with zero attached hydrogens (tertiary/aromatic N) is 1. The number of esters is 1. The van der Waals surface area contributed by atoms with Gasteiger partial charge in [0.2, 0.25) is 5.91 Å². The fourth-order valence-electron chi connectivity index (χ4n) is 5.05. The largest absolute Gasteiger partial charge is 0.493 e. The number of nitrogens with one attached hydrogen (secondary N) is 2. The standard InChI is InChI=1S/C36H47N3O6/c1-4-5-6-7-8-9-10-11-12-13-14-19-34(40)37-26-35(41)39-38-25-30-29-18-16-15-17-27(29)20-22-31(30)45-36(42)28-21-23-32(43-2)33(24-28)44-3/h15-18,20-25H,4-14,19,26H2,1-3H3,(H,37,40)(H,39,41). The average molecular weight is 618 g/mol. The average Bonchev–Trinajstić information content (AvgIpc) is 3.06. The molecule has 2 amide bonds. The van der Waals surface area contributed by atoms with Crippen LogP contribution in [0.4, 0.5) is 0 Å². The number of carbonyl (C=O) groups is 3. The molecule has 0 aliphatic heterocycles. The SMILES string of the molecule is CCCCCCCCCCCCCC(=O)NCC(=O)NN=Cc1c(OC(=O)c2ccc(OC)c(OC)c2)ccc2ccccc12. The number of methoxy groups -OCH3 is 2. The second-order valence-corrected chi connectivity index (χ2v) is 11.0. The quantitative estimate of drug-likeness (QED) is 0.0451. The molecule has 0 aliphatic rings. The second-order valence-electron chi connectivity index (χ2n) is 11.0. The molecule has 0 unspecified atom stereocenters. The van der Waals surface area contributed by atoms with Crippen molar-refractivity contribution in [3.8, 4) is 17.2 Å². The molecule has 0 saturated carbocycles. The highest BCUT2D eigenvalue weighted by Crippen LogP contribution is 2.30. The Morgan fingerprint density at radius 3 is 2.07 bits per heavy atom. The minimum Gasteiger partial charge on any atom is -0.493 e. The number of hydrogen-bond donors (Lipinski definition) is 2. The molecule has 0 radical (unpaired) electrons. The summed E-state index contributed by atoms with van der Waals surface area (Å²) in [5.41, 5.74) is 3.24. The van der Waals surface area contributed by atoms with Crippen LogP contribution in [0.1, 0.15) is 99.9 Å². The van der Waals surface area contributed by atoms with E-state index in [1.165, 1.54) is 71.8 Å². The van der Waals surface area contributed by atoms with E-state index in [9.17, 15) is 14.4 Å². The Bertz CT molecular complexity index is 1420. The van der Waals surface area contributed by atoms with Crippen molar-refractivity contribution < 1.29 is 28.6 Å².